The number of sulfonamides is 1. The van der Waals surface area contributed by atoms with Crippen molar-refractivity contribution in [1.82, 2.24) is 8.87 Å². The molecule has 0 saturated heterocycles. The lowest BCUT2D eigenvalue weighted by Crippen LogP contribution is -2.34. The van der Waals surface area contributed by atoms with Gasteiger partial charge in [0.15, 0.2) is 0 Å². The van der Waals surface area contributed by atoms with Crippen molar-refractivity contribution in [2.45, 2.75) is 37.8 Å². The number of halogens is 1. The zero-order valence-corrected chi connectivity index (χ0v) is 24.0. The standard InChI is InChI=1S/C30H32BrN3O3S/c1-21-7-13-27(14-8-21)38(36,37)33-17-15-23(16-18-33)30-22(2)34(29-6-4-3-5-28(29)30)20-26(35)19-32-25-11-9-24(31)10-12-25/h3-15,26,32,35H,16-20H2,1-2H3/t26-/m0/s1. The van der Waals surface area contributed by atoms with Gasteiger partial charge in [-0.1, -0.05) is 57.9 Å². The van der Waals surface area contributed by atoms with E-state index >= 15 is 0 Å². The average Bonchev–Trinajstić information content (AvgIpc) is 3.19. The summed E-state index contributed by atoms with van der Waals surface area (Å²) in [5.41, 5.74) is 6.43. The lowest BCUT2D eigenvalue weighted by atomic mass is 9.97. The topological polar surface area (TPSA) is 74.6 Å². The maximum absolute atomic E-state index is 13.2. The summed E-state index contributed by atoms with van der Waals surface area (Å²) in [6.07, 6.45) is 2.09. The molecule has 1 atom stereocenters. The summed E-state index contributed by atoms with van der Waals surface area (Å²) in [4.78, 5) is 0.332. The monoisotopic (exact) mass is 593 g/mol. The molecule has 4 aromatic rings. The van der Waals surface area contributed by atoms with Crippen molar-refractivity contribution >= 4 is 48.1 Å². The molecule has 1 aromatic heterocycles. The highest BCUT2D eigenvalue weighted by Gasteiger charge is 2.28. The van der Waals surface area contributed by atoms with E-state index in [0.717, 1.165) is 43.5 Å². The second kappa shape index (κ2) is 11.1. The van der Waals surface area contributed by atoms with Gasteiger partial charge in [0.25, 0.3) is 0 Å². The Bertz CT molecular complexity index is 1580. The molecule has 6 nitrogen and oxygen atoms in total. The number of fused-ring (bicyclic) bond motifs is 1. The van der Waals surface area contributed by atoms with E-state index in [1.165, 1.54) is 0 Å². The van der Waals surface area contributed by atoms with Gasteiger partial charge in [-0.15, -0.1) is 0 Å². The molecular formula is C30H32BrN3O3S. The predicted molar refractivity (Wildman–Crippen MR) is 158 cm³/mol. The Labute approximate surface area is 232 Å². The minimum absolute atomic E-state index is 0.332. The van der Waals surface area contributed by atoms with E-state index in [0.29, 0.717) is 37.5 Å². The van der Waals surface area contributed by atoms with Crippen LogP contribution in [0.25, 0.3) is 16.5 Å². The molecule has 3 aromatic carbocycles. The van der Waals surface area contributed by atoms with Gasteiger partial charge in [0, 0.05) is 52.0 Å². The number of rotatable bonds is 8. The Hall–Kier alpha value is -2.91. The summed E-state index contributed by atoms with van der Waals surface area (Å²) in [5, 5.41) is 15.3. The Morgan fingerprint density at radius 2 is 1.71 bits per heavy atom. The SMILES string of the molecule is Cc1ccc(S(=O)(=O)N2CC=C(c3c(C)n(C[C@@H](O)CNc4ccc(Br)cc4)c4ccccc34)CC2)cc1. The highest BCUT2D eigenvalue weighted by molar-refractivity contribution is 9.10. The van der Waals surface area contributed by atoms with Crippen molar-refractivity contribution in [3.05, 3.63) is 100 Å². The summed E-state index contributed by atoms with van der Waals surface area (Å²) < 4.78 is 31.1. The predicted octanol–water partition coefficient (Wildman–Crippen LogP) is 5.97. The first kappa shape index (κ1) is 26.7. The zero-order valence-electron chi connectivity index (χ0n) is 21.6. The Kier molecular flexibility index (Phi) is 7.77. The minimum Gasteiger partial charge on any atom is -0.389 e. The molecule has 38 heavy (non-hydrogen) atoms. The average molecular weight is 595 g/mol. The van der Waals surface area contributed by atoms with Crippen molar-refractivity contribution in [3.63, 3.8) is 0 Å². The summed E-state index contributed by atoms with van der Waals surface area (Å²) >= 11 is 3.44. The maximum Gasteiger partial charge on any atom is 0.243 e. The van der Waals surface area contributed by atoms with Crippen LogP contribution in [0.3, 0.4) is 0 Å². The number of benzene rings is 3. The summed E-state index contributed by atoms with van der Waals surface area (Å²) in [7, 11) is -3.54. The zero-order chi connectivity index (χ0) is 26.9. The fourth-order valence-corrected chi connectivity index (χ4v) is 6.75. The van der Waals surface area contributed by atoms with Gasteiger partial charge < -0.3 is 15.0 Å². The van der Waals surface area contributed by atoms with Crippen LogP contribution >= 0.6 is 15.9 Å². The minimum atomic E-state index is -3.54. The highest BCUT2D eigenvalue weighted by atomic mass is 79.9. The molecule has 1 aliphatic heterocycles. The quantitative estimate of drug-likeness (QED) is 0.264. The van der Waals surface area contributed by atoms with Gasteiger partial charge >= 0.3 is 0 Å². The molecule has 0 fully saturated rings. The van der Waals surface area contributed by atoms with E-state index in [2.05, 4.69) is 44.9 Å². The molecule has 0 bridgehead atoms. The van der Waals surface area contributed by atoms with Gasteiger partial charge in [-0.3, -0.25) is 0 Å². The molecule has 5 rings (SSSR count). The fraction of sp³-hybridized carbons (Fsp3) is 0.267. The highest BCUT2D eigenvalue weighted by Crippen LogP contribution is 2.35. The number of nitrogens with zero attached hydrogens (tertiary/aromatic N) is 2. The van der Waals surface area contributed by atoms with Gasteiger partial charge in [-0.25, -0.2) is 8.42 Å². The Morgan fingerprint density at radius 3 is 2.39 bits per heavy atom. The first-order valence-corrected chi connectivity index (χ1v) is 15.0. The number of hydrogen-bond acceptors (Lipinski definition) is 4. The van der Waals surface area contributed by atoms with Crippen molar-refractivity contribution in [1.29, 1.82) is 0 Å². The lowest BCUT2D eigenvalue weighted by Gasteiger charge is -2.26. The largest absolute Gasteiger partial charge is 0.389 e. The number of nitrogens with one attached hydrogen (secondary N) is 1. The third kappa shape index (κ3) is 5.45. The van der Waals surface area contributed by atoms with Gasteiger partial charge in [-0.2, -0.15) is 4.31 Å². The molecule has 0 spiro atoms. The number of aliphatic hydroxyl groups excluding tert-OH is 1. The van der Waals surface area contributed by atoms with Crippen LogP contribution in [0.4, 0.5) is 5.69 Å². The van der Waals surface area contributed by atoms with Crippen LogP contribution < -0.4 is 5.32 Å². The van der Waals surface area contributed by atoms with Crippen molar-refractivity contribution in [2.75, 3.05) is 25.0 Å². The molecule has 2 N–H and O–H groups in total. The van der Waals surface area contributed by atoms with Crippen molar-refractivity contribution in [3.8, 4) is 0 Å². The fourth-order valence-electron chi connectivity index (χ4n) is 5.11. The molecule has 0 saturated carbocycles. The number of hydrogen-bond donors (Lipinski definition) is 2. The van der Waals surface area contributed by atoms with Gasteiger partial charge in [0.1, 0.15) is 0 Å². The normalized spacial score (nSPS) is 15.4. The van der Waals surface area contributed by atoms with Crippen LogP contribution in [-0.4, -0.2) is 48.1 Å². The van der Waals surface area contributed by atoms with E-state index in [9.17, 15) is 13.5 Å². The van der Waals surface area contributed by atoms with E-state index in [1.54, 1.807) is 16.4 Å². The lowest BCUT2D eigenvalue weighted by molar-refractivity contribution is 0.167. The van der Waals surface area contributed by atoms with Crippen molar-refractivity contribution in [2.24, 2.45) is 0 Å². The maximum atomic E-state index is 13.2. The molecule has 8 heteroatoms. The summed E-state index contributed by atoms with van der Waals surface area (Å²) in [5.74, 6) is 0. The number of aliphatic hydroxyl groups is 1. The van der Waals surface area contributed by atoms with Gasteiger partial charge in [-0.05, 0) is 68.3 Å². The second-order valence-electron chi connectivity index (χ2n) is 9.79. The van der Waals surface area contributed by atoms with Crippen LogP contribution in [0.1, 0.15) is 23.2 Å². The van der Waals surface area contributed by atoms with Crippen LogP contribution in [0.2, 0.25) is 0 Å². The Balaban J connectivity index is 1.36. The van der Waals surface area contributed by atoms with Crippen LogP contribution in [0.15, 0.2) is 88.2 Å². The van der Waals surface area contributed by atoms with E-state index < -0.39 is 16.1 Å². The molecule has 1 aliphatic rings. The Morgan fingerprint density at radius 1 is 1.00 bits per heavy atom. The first-order valence-electron chi connectivity index (χ1n) is 12.8. The molecule has 0 amide bonds. The second-order valence-corrected chi connectivity index (χ2v) is 12.6. The van der Waals surface area contributed by atoms with Gasteiger partial charge in [0.2, 0.25) is 10.0 Å². The molecule has 2 heterocycles. The molecule has 198 valence electrons. The third-order valence-electron chi connectivity index (χ3n) is 7.16. The number of aromatic nitrogens is 1. The number of anilines is 1. The molecule has 0 radical (unpaired) electrons. The summed E-state index contributed by atoms with van der Waals surface area (Å²) in [6.45, 7) is 5.68. The van der Waals surface area contributed by atoms with Crippen LogP contribution in [0, 0.1) is 13.8 Å². The van der Waals surface area contributed by atoms with Crippen LogP contribution in [-0.2, 0) is 16.6 Å². The van der Waals surface area contributed by atoms with Gasteiger partial charge in [0.05, 0.1) is 17.5 Å². The summed E-state index contributed by atoms with van der Waals surface area (Å²) in [6, 6.07) is 23.1. The van der Waals surface area contributed by atoms with Crippen molar-refractivity contribution < 1.29 is 13.5 Å². The molecule has 0 aliphatic carbocycles. The molecule has 0 unspecified atom stereocenters. The first-order chi connectivity index (χ1) is 18.2. The van der Waals surface area contributed by atoms with E-state index in [4.69, 9.17) is 0 Å². The van der Waals surface area contributed by atoms with E-state index in [-0.39, 0.29) is 0 Å². The molecular weight excluding hydrogens is 562 g/mol. The van der Waals surface area contributed by atoms with Crippen LogP contribution in [0.5, 0.6) is 0 Å². The number of aryl methyl sites for hydroxylation is 1. The smallest absolute Gasteiger partial charge is 0.243 e. The van der Waals surface area contributed by atoms with E-state index in [1.807, 2.05) is 61.5 Å². The third-order valence-corrected chi connectivity index (χ3v) is 9.57. The number of para-hydroxylation sites is 1.